The summed E-state index contributed by atoms with van der Waals surface area (Å²) >= 11 is 1.59. The first-order valence-corrected chi connectivity index (χ1v) is 8.78. The Morgan fingerprint density at radius 2 is 2.33 bits per heavy atom. The molecule has 5 nitrogen and oxygen atoms in total. The van der Waals surface area contributed by atoms with Crippen molar-refractivity contribution >= 4 is 28.8 Å². The maximum Gasteiger partial charge on any atom is 0.251 e. The number of nitrogens with zero attached hydrogens (tertiary/aromatic N) is 2. The second-order valence-electron chi connectivity index (χ2n) is 5.56. The van der Waals surface area contributed by atoms with Crippen molar-refractivity contribution in [3.8, 4) is 0 Å². The Balaban J connectivity index is 1.94. The van der Waals surface area contributed by atoms with Gasteiger partial charge in [-0.3, -0.25) is 9.59 Å². The smallest absolute Gasteiger partial charge is 0.251 e. The monoisotopic (exact) mass is 341 g/mol. The molecule has 2 heterocycles. The number of rotatable bonds is 5. The summed E-state index contributed by atoms with van der Waals surface area (Å²) in [7, 11) is 0. The van der Waals surface area contributed by atoms with Crippen LogP contribution in [0.4, 0.5) is 5.69 Å². The molecule has 24 heavy (non-hydrogen) atoms. The molecular weight excluding hydrogens is 322 g/mol. The predicted molar refractivity (Wildman–Crippen MR) is 95.4 cm³/mol. The molecule has 0 saturated carbocycles. The molecule has 2 aromatic rings. The van der Waals surface area contributed by atoms with Gasteiger partial charge in [0.25, 0.3) is 11.8 Å². The lowest BCUT2D eigenvalue weighted by Gasteiger charge is -2.23. The molecule has 1 aliphatic rings. The fourth-order valence-corrected chi connectivity index (χ4v) is 3.46. The van der Waals surface area contributed by atoms with Gasteiger partial charge in [0.2, 0.25) is 0 Å². The summed E-state index contributed by atoms with van der Waals surface area (Å²) in [5.41, 5.74) is 3.17. The Hall–Kier alpha value is -2.47. The minimum atomic E-state index is -0.211. The van der Waals surface area contributed by atoms with Crippen LogP contribution >= 0.6 is 11.3 Å². The van der Waals surface area contributed by atoms with Crippen molar-refractivity contribution in [1.82, 2.24) is 10.3 Å². The van der Waals surface area contributed by atoms with Crippen LogP contribution in [-0.2, 0) is 24.2 Å². The van der Waals surface area contributed by atoms with E-state index in [9.17, 15) is 9.59 Å². The maximum absolute atomic E-state index is 12.3. The molecule has 124 valence electrons. The molecule has 0 radical (unpaired) electrons. The van der Waals surface area contributed by atoms with Crippen molar-refractivity contribution in [2.75, 3.05) is 11.4 Å². The van der Waals surface area contributed by atoms with E-state index < -0.39 is 0 Å². The van der Waals surface area contributed by atoms with Gasteiger partial charge >= 0.3 is 0 Å². The average Bonchev–Trinajstić information content (AvgIpc) is 3.07. The van der Waals surface area contributed by atoms with Crippen LogP contribution in [-0.4, -0.2) is 23.3 Å². The Kier molecular flexibility index (Phi) is 4.76. The summed E-state index contributed by atoms with van der Waals surface area (Å²) in [4.78, 5) is 30.5. The van der Waals surface area contributed by atoms with Crippen molar-refractivity contribution in [3.63, 3.8) is 0 Å². The lowest BCUT2D eigenvalue weighted by Crippen LogP contribution is -2.33. The molecule has 2 amide bonds. The molecule has 0 atom stereocenters. The molecule has 0 fully saturated rings. The number of carbonyl (C=O) groups is 2. The highest BCUT2D eigenvalue weighted by molar-refractivity contribution is 7.09. The van der Waals surface area contributed by atoms with Gasteiger partial charge in [0.05, 0.1) is 17.2 Å². The Labute approximate surface area is 145 Å². The highest BCUT2D eigenvalue weighted by Gasteiger charge is 2.21. The van der Waals surface area contributed by atoms with Crippen molar-refractivity contribution in [3.05, 3.63) is 58.1 Å². The molecule has 1 aliphatic heterocycles. The van der Waals surface area contributed by atoms with Gasteiger partial charge < -0.3 is 10.2 Å². The number of benzene rings is 1. The Morgan fingerprint density at radius 3 is 3.04 bits per heavy atom. The van der Waals surface area contributed by atoms with Crippen LogP contribution in [0.3, 0.4) is 0 Å². The SMILES string of the molecule is C=CC(=O)N(Cc1csc(CC)n1)c1ccc2c(c1)C(=O)NCC2. The van der Waals surface area contributed by atoms with E-state index >= 15 is 0 Å². The quantitative estimate of drug-likeness (QED) is 0.851. The number of amides is 2. The van der Waals surface area contributed by atoms with Crippen molar-refractivity contribution in [2.45, 2.75) is 26.3 Å². The van der Waals surface area contributed by atoms with Crippen molar-refractivity contribution < 1.29 is 9.59 Å². The zero-order valence-electron chi connectivity index (χ0n) is 13.5. The number of anilines is 1. The van der Waals surface area contributed by atoms with E-state index in [0.717, 1.165) is 29.1 Å². The number of fused-ring (bicyclic) bond motifs is 1. The van der Waals surface area contributed by atoms with Gasteiger partial charge in [-0.05, 0) is 36.6 Å². The molecule has 0 aliphatic carbocycles. The first-order chi connectivity index (χ1) is 11.6. The van der Waals surface area contributed by atoms with E-state index in [4.69, 9.17) is 0 Å². The molecule has 0 unspecified atom stereocenters. The summed E-state index contributed by atoms with van der Waals surface area (Å²) in [5.74, 6) is -0.303. The molecule has 3 rings (SSSR count). The fraction of sp³-hybridized carbons (Fsp3) is 0.278. The summed E-state index contributed by atoms with van der Waals surface area (Å²) in [5, 5.41) is 5.84. The van der Waals surface area contributed by atoms with Gasteiger partial charge in [0.1, 0.15) is 0 Å². The minimum Gasteiger partial charge on any atom is -0.352 e. The highest BCUT2D eigenvalue weighted by atomic mass is 32.1. The fourth-order valence-electron chi connectivity index (χ4n) is 2.72. The zero-order chi connectivity index (χ0) is 17.1. The molecule has 0 bridgehead atoms. The van der Waals surface area contributed by atoms with E-state index in [-0.39, 0.29) is 11.8 Å². The van der Waals surface area contributed by atoms with Crippen LogP contribution in [0.5, 0.6) is 0 Å². The van der Waals surface area contributed by atoms with E-state index in [1.165, 1.54) is 6.08 Å². The number of hydrogen-bond acceptors (Lipinski definition) is 4. The maximum atomic E-state index is 12.3. The number of nitrogens with one attached hydrogen (secondary N) is 1. The predicted octanol–water partition coefficient (Wildman–Crippen LogP) is 2.71. The lowest BCUT2D eigenvalue weighted by molar-refractivity contribution is -0.114. The number of thiazole rings is 1. The number of aromatic nitrogens is 1. The van der Waals surface area contributed by atoms with Crippen LogP contribution in [0.2, 0.25) is 0 Å². The summed E-state index contributed by atoms with van der Waals surface area (Å²) < 4.78 is 0. The first-order valence-electron chi connectivity index (χ1n) is 7.90. The van der Waals surface area contributed by atoms with Crippen LogP contribution < -0.4 is 10.2 Å². The first kappa shape index (κ1) is 16.4. The molecular formula is C18H19N3O2S. The van der Waals surface area contributed by atoms with Crippen LogP contribution in [0.15, 0.2) is 36.2 Å². The van der Waals surface area contributed by atoms with Gasteiger partial charge in [0.15, 0.2) is 0 Å². The minimum absolute atomic E-state index is 0.0916. The third kappa shape index (κ3) is 3.23. The molecule has 0 saturated heterocycles. The van der Waals surface area contributed by atoms with Gasteiger partial charge in [-0.1, -0.05) is 19.6 Å². The van der Waals surface area contributed by atoms with Gasteiger partial charge in [0, 0.05) is 23.2 Å². The van der Waals surface area contributed by atoms with Crippen LogP contribution in [0.25, 0.3) is 0 Å². The van der Waals surface area contributed by atoms with Crippen LogP contribution in [0.1, 0.15) is 33.5 Å². The highest BCUT2D eigenvalue weighted by Crippen LogP contribution is 2.24. The molecule has 1 aromatic carbocycles. The largest absolute Gasteiger partial charge is 0.352 e. The normalized spacial score (nSPS) is 13.1. The molecule has 0 spiro atoms. The molecule has 1 N–H and O–H groups in total. The summed E-state index contributed by atoms with van der Waals surface area (Å²) in [6.07, 6.45) is 2.97. The number of hydrogen-bond donors (Lipinski definition) is 1. The van der Waals surface area contributed by atoms with Gasteiger partial charge in [-0.25, -0.2) is 4.98 Å². The van der Waals surface area contributed by atoms with E-state index in [0.29, 0.717) is 24.3 Å². The van der Waals surface area contributed by atoms with Gasteiger partial charge in [-0.2, -0.15) is 0 Å². The topological polar surface area (TPSA) is 62.3 Å². The average molecular weight is 341 g/mol. The third-order valence-corrected chi connectivity index (χ3v) is 5.03. The zero-order valence-corrected chi connectivity index (χ0v) is 14.4. The van der Waals surface area contributed by atoms with E-state index in [1.54, 1.807) is 22.3 Å². The van der Waals surface area contributed by atoms with E-state index in [1.807, 2.05) is 17.5 Å². The Bertz CT molecular complexity index is 797. The van der Waals surface area contributed by atoms with Crippen molar-refractivity contribution in [2.24, 2.45) is 0 Å². The number of carbonyl (C=O) groups excluding carboxylic acids is 2. The number of aryl methyl sites for hydroxylation is 1. The van der Waals surface area contributed by atoms with Gasteiger partial charge in [-0.15, -0.1) is 11.3 Å². The molecule has 1 aromatic heterocycles. The molecule has 6 heteroatoms. The second kappa shape index (κ2) is 6.97. The third-order valence-electron chi connectivity index (χ3n) is 3.99. The Morgan fingerprint density at radius 1 is 1.50 bits per heavy atom. The summed E-state index contributed by atoms with van der Waals surface area (Å²) in [6, 6.07) is 5.58. The van der Waals surface area contributed by atoms with E-state index in [2.05, 4.69) is 23.8 Å². The second-order valence-corrected chi connectivity index (χ2v) is 6.50. The lowest BCUT2D eigenvalue weighted by atomic mass is 9.99. The van der Waals surface area contributed by atoms with Crippen LogP contribution in [0, 0.1) is 0 Å². The standard InChI is InChI=1S/C18H19N3O2S/c1-3-16-20-13(11-24-16)10-21(17(22)4-2)14-6-5-12-7-8-19-18(23)15(12)9-14/h4-6,9,11H,2-3,7-8,10H2,1H3,(H,19,23). The van der Waals surface area contributed by atoms with Crippen molar-refractivity contribution in [1.29, 1.82) is 0 Å². The summed E-state index contributed by atoms with van der Waals surface area (Å²) in [6.45, 7) is 6.65.